The van der Waals surface area contributed by atoms with Gasteiger partial charge in [-0.05, 0) is 36.5 Å². The van der Waals surface area contributed by atoms with Crippen LogP contribution in [0.25, 0.3) is 0 Å². The third kappa shape index (κ3) is 7.43. The van der Waals surface area contributed by atoms with Gasteiger partial charge in [-0.2, -0.15) is 0 Å². The Morgan fingerprint density at radius 3 is 2.03 bits per heavy atom. The van der Waals surface area contributed by atoms with Crippen LogP contribution in [0.15, 0.2) is 101 Å². The van der Waals surface area contributed by atoms with Gasteiger partial charge in [-0.25, -0.2) is 4.98 Å². The second-order valence-corrected chi connectivity index (χ2v) is 9.71. The summed E-state index contributed by atoms with van der Waals surface area (Å²) in [6, 6.07) is 30.3. The number of H-pyrrole nitrogens is 1. The first-order chi connectivity index (χ1) is 17.6. The van der Waals surface area contributed by atoms with Gasteiger partial charge in [0.1, 0.15) is 0 Å². The molecule has 3 aromatic carbocycles. The van der Waals surface area contributed by atoms with E-state index < -0.39 is 0 Å². The molecule has 0 saturated heterocycles. The van der Waals surface area contributed by atoms with Gasteiger partial charge in [0.2, 0.25) is 5.91 Å². The number of aryl methyl sites for hydroxylation is 1. The Bertz CT molecular complexity index is 1310. The molecule has 0 aliphatic carbocycles. The minimum absolute atomic E-state index is 0.0381. The molecule has 0 aliphatic heterocycles. The Hall–Kier alpha value is -3.64. The summed E-state index contributed by atoms with van der Waals surface area (Å²) in [5.41, 5.74) is 4.56. The lowest BCUT2D eigenvalue weighted by molar-refractivity contribution is -0.131. The van der Waals surface area contributed by atoms with Crippen LogP contribution in [0.3, 0.4) is 0 Å². The zero-order chi connectivity index (χ0) is 25.2. The normalized spacial score (nSPS) is 10.8. The number of hydrogen-bond acceptors (Lipinski definition) is 4. The highest BCUT2D eigenvalue weighted by Gasteiger charge is 2.17. The molecule has 184 valence electrons. The van der Waals surface area contributed by atoms with E-state index in [4.69, 9.17) is 0 Å². The van der Waals surface area contributed by atoms with Gasteiger partial charge in [0.25, 0.3) is 5.56 Å². The maximum absolute atomic E-state index is 13.3. The fraction of sp³-hybridized carbons (Fsp3) is 0.233. The van der Waals surface area contributed by atoms with Crippen LogP contribution in [0.2, 0.25) is 0 Å². The monoisotopic (exact) mass is 497 g/mol. The van der Waals surface area contributed by atoms with Crippen LogP contribution in [-0.2, 0) is 29.9 Å². The molecule has 1 aromatic heterocycles. The van der Waals surface area contributed by atoms with Crippen LogP contribution in [0.1, 0.15) is 34.4 Å². The van der Waals surface area contributed by atoms with E-state index in [1.807, 2.05) is 78.6 Å². The first kappa shape index (κ1) is 25.5. The molecule has 36 heavy (non-hydrogen) atoms. The molecule has 0 radical (unpaired) electrons. The van der Waals surface area contributed by atoms with Crippen LogP contribution in [0.5, 0.6) is 0 Å². The van der Waals surface area contributed by atoms with Crippen LogP contribution in [0, 0.1) is 6.92 Å². The number of aromatic nitrogens is 2. The molecular formula is C30H31N3O2S. The summed E-state index contributed by atoms with van der Waals surface area (Å²) in [4.78, 5) is 35.5. The first-order valence-electron chi connectivity index (χ1n) is 12.2. The molecule has 0 saturated carbocycles. The summed E-state index contributed by atoms with van der Waals surface area (Å²) in [7, 11) is 0. The van der Waals surface area contributed by atoms with Crippen LogP contribution in [0.4, 0.5) is 0 Å². The highest BCUT2D eigenvalue weighted by Crippen LogP contribution is 2.19. The summed E-state index contributed by atoms with van der Waals surface area (Å²) in [6.07, 6.45) is 1.42. The lowest BCUT2D eigenvalue weighted by atomic mass is 10.1. The van der Waals surface area contributed by atoms with Gasteiger partial charge in [-0.15, -0.1) is 0 Å². The second-order valence-electron chi connectivity index (χ2n) is 8.75. The van der Waals surface area contributed by atoms with E-state index in [0.29, 0.717) is 35.9 Å². The number of amides is 1. The van der Waals surface area contributed by atoms with Crippen molar-refractivity contribution in [1.82, 2.24) is 14.9 Å². The molecule has 1 heterocycles. The van der Waals surface area contributed by atoms with Crippen molar-refractivity contribution in [2.75, 3.05) is 6.54 Å². The average molecular weight is 498 g/mol. The lowest BCUT2D eigenvalue weighted by Gasteiger charge is -2.23. The van der Waals surface area contributed by atoms with Gasteiger partial charge in [0.15, 0.2) is 5.16 Å². The van der Waals surface area contributed by atoms with E-state index in [2.05, 4.69) is 34.2 Å². The van der Waals surface area contributed by atoms with Crippen molar-refractivity contribution in [1.29, 1.82) is 0 Å². The van der Waals surface area contributed by atoms with Gasteiger partial charge >= 0.3 is 0 Å². The number of nitrogens with zero attached hydrogens (tertiary/aromatic N) is 2. The molecular weight excluding hydrogens is 466 g/mol. The van der Waals surface area contributed by atoms with Crippen molar-refractivity contribution >= 4 is 17.7 Å². The van der Waals surface area contributed by atoms with Crippen LogP contribution >= 0.6 is 11.8 Å². The number of rotatable bonds is 11. The zero-order valence-electron chi connectivity index (χ0n) is 20.5. The highest BCUT2D eigenvalue weighted by molar-refractivity contribution is 7.98. The number of carbonyl (C=O) groups excluding carboxylic acids is 1. The standard InChI is InChI=1S/C30H31N3O2S/c1-23-27(29(35)32-30(31-23)36-22-26-15-9-4-10-16-26)17-18-28(34)33(21-25-13-7-3-8-14-25)20-19-24-11-5-2-6-12-24/h2-16H,17-22H2,1H3,(H,31,32,35). The smallest absolute Gasteiger partial charge is 0.254 e. The summed E-state index contributed by atoms with van der Waals surface area (Å²) in [5, 5.41) is 0.602. The van der Waals surface area contributed by atoms with E-state index in [1.54, 1.807) is 0 Å². The number of hydrogen-bond donors (Lipinski definition) is 1. The number of thioether (sulfide) groups is 1. The lowest BCUT2D eigenvalue weighted by Crippen LogP contribution is -2.33. The topological polar surface area (TPSA) is 66.1 Å². The summed E-state index contributed by atoms with van der Waals surface area (Å²) in [5.74, 6) is 0.771. The molecule has 0 unspecified atom stereocenters. The number of carbonyl (C=O) groups is 1. The molecule has 4 rings (SSSR count). The molecule has 0 fully saturated rings. The average Bonchev–Trinajstić information content (AvgIpc) is 2.91. The quantitative estimate of drug-likeness (QED) is 0.217. The summed E-state index contributed by atoms with van der Waals surface area (Å²) in [6.45, 7) is 3.02. The van der Waals surface area contributed by atoms with Crippen molar-refractivity contribution in [3.8, 4) is 0 Å². The van der Waals surface area contributed by atoms with Crippen molar-refractivity contribution in [2.24, 2.45) is 0 Å². The number of aromatic amines is 1. The maximum atomic E-state index is 13.3. The van der Waals surface area contributed by atoms with E-state index >= 15 is 0 Å². The van der Waals surface area contributed by atoms with E-state index in [0.717, 1.165) is 17.7 Å². The van der Waals surface area contributed by atoms with Gasteiger partial charge in [-0.1, -0.05) is 103 Å². The van der Waals surface area contributed by atoms with Gasteiger partial charge in [-0.3, -0.25) is 9.59 Å². The predicted octanol–water partition coefficient (Wildman–Crippen LogP) is 5.57. The van der Waals surface area contributed by atoms with Crippen LogP contribution < -0.4 is 5.56 Å². The molecule has 5 nitrogen and oxygen atoms in total. The number of benzene rings is 3. The third-order valence-corrected chi connectivity index (χ3v) is 7.03. The Morgan fingerprint density at radius 2 is 1.42 bits per heavy atom. The SMILES string of the molecule is Cc1nc(SCc2ccccc2)[nH]c(=O)c1CCC(=O)N(CCc1ccccc1)Cc1ccccc1. The van der Waals surface area contributed by atoms with Crippen molar-refractivity contribution < 1.29 is 4.79 Å². The Kier molecular flexibility index (Phi) is 9.11. The molecule has 0 bridgehead atoms. The molecule has 6 heteroatoms. The van der Waals surface area contributed by atoms with Crippen molar-refractivity contribution in [2.45, 2.75) is 43.6 Å². The van der Waals surface area contributed by atoms with Gasteiger partial charge in [0.05, 0.1) is 0 Å². The fourth-order valence-electron chi connectivity index (χ4n) is 4.07. The molecule has 1 amide bonds. The Labute approximate surface area is 216 Å². The number of nitrogens with one attached hydrogen (secondary N) is 1. The van der Waals surface area contributed by atoms with Gasteiger partial charge < -0.3 is 9.88 Å². The minimum atomic E-state index is -0.162. The highest BCUT2D eigenvalue weighted by atomic mass is 32.2. The van der Waals surface area contributed by atoms with Crippen LogP contribution in [-0.4, -0.2) is 27.3 Å². The largest absolute Gasteiger partial charge is 0.338 e. The fourth-order valence-corrected chi connectivity index (χ4v) is 4.93. The second kappa shape index (κ2) is 12.9. The third-order valence-electron chi connectivity index (χ3n) is 6.09. The van der Waals surface area contributed by atoms with Crippen molar-refractivity contribution in [3.63, 3.8) is 0 Å². The minimum Gasteiger partial charge on any atom is -0.338 e. The zero-order valence-corrected chi connectivity index (χ0v) is 21.3. The van der Waals surface area contributed by atoms with E-state index in [1.165, 1.54) is 22.9 Å². The molecule has 4 aromatic rings. The molecule has 1 N–H and O–H groups in total. The van der Waals surface area contributed by atoms with E-state index in [-0.39, 0.29) is 17.9 Å². The van der Waals surface area contributed by atoms with Gasteiger partial charge in [0, 0.05) is 36.5 Å². The van der Waals surface area contributed by atoms with Crippen molar-refractivity contribution in [3.05, 3.63) is 129 Å². The maximum Gasteiger partial charge on any atom is 0.254 e. The Balaban J connectivity index is 1.40. The summed E-state index contributed by atoms with van der Waals surface area (Å²) < 4.78 is 0. The summed E-state index contributed by atoms with van der Waals surface area (Å²) >= 11 is 1.50. The predicted molar refractivity (Wildman–Crippen MR) is 146 cm³/mol. The van der Waals surface area contributed by atoms with E-state index in [9.17, 15) is 9.59 Å². The molecule has 0 atom stereocenters. The molecule has 0 spiro atoms. The Morgan fingerprint density at radius 1 is 0.833 bits per heavy atom. The first-order valence-corrected chi connectivity index (χ1v) is 13.2. The molecule has 0 aliphatic rings.